The first-order valence-electron chi connectivity index (χ1n) is 8.46. The van der Waals surface area contributed by atoms with E-state index >= 15 is 0 Å². The molecule has 1 amide bonds. The number of phenolic OH excluding ortho intramolecular Hbond substituents is 1. The zero-order valence-corrected chi connectivity index (χ0v) is 14.8. The maximum absolute atomic E-state index is 12.8. The molecule has 0 aliphatic heterocycles. The van der Waals surface area contributed by atoms with E-state index in [4.69, 9.17) is 4.74 Å². The van der Waals surface area contributed by atoms with Crippen molar-refractivity contribution in [3.8, 4) is 5.75 Å². The molecule has 0 aliphatic carbocycles. The molecule has 0 heterocycles. The van der Waals surface area contributed by atoms with Crippen molar-refractivity contribution in [1.82, 2.24) is 0 Å². The third-order valence-corrected chi connectivity index (χ3v) is 4.01. The highest BCUT2D eigenvalue weighted by atomic mass is 16.5. The Kier molecular flexibility index (Phi) is 5.52. The average Bonchev–Trinajstić information content (AvgIpc) is 2.68. The van der Waals surface area contributed by atoms with Crippen LogP contribution < -0.4 is 5.32 Å². The molecule has 3 aromatic rings. The van der Waals surface area contributed by atoms with Gasteiger partial charge in [0.2, 0.25) is 6.10 Å². The van der Waals surface area contributed by atoms with Crippen LogP contribution in [0, 0.1) is 6.92 Å². The lowest BCUT2D eigenvalue weighted by molar-refractivity contribution is -0.125. The second-order valence-electron chi connectivity index (χ2n) is 6.07. The number of para-hydroxylation sites is 1. The van der Waals surface area contributed by atoms with E-state index < -0.39 is 18.0 Å². The maximum Gasteiger partial charge on any atom is 0.343 e. The minimum absolute atomic E-state index is 0.00145. The van der Waals surface area contributed by atoms with E-state index in [2.05, 4.69) is 5.32 Å². The van der Waals surface area contributed by atoms with Crippen molar-refractivity contribution in [2.24, 2.45) is 0 Å². The second kappa shape index (κ2) is 8.19. The predicted octanol–water partition coefficient (Wildman–Crippen LogP) is 4.24. The summed E-state index contributed by atoms with van der Waals surface area (Å²) in [6.45, 7) is 1.95. The summed E-state index contributed by atoms with van der Waals surface area (Å²) in [5.41, 5.74) is 2.20. The van der Waals surface area contributed by atoms with Gasteiger partial charge in [0.05, 0.1) is 0 Å². The Morgan fingerprint density at radius 3 is 2.19 bits per heavy atom. The van der Waals surface area contributed by atoms with Crippen molar-refractivity contribution >= 4 is 17.6 Å². The van der Waals surface area contributed by atoms with E-state index in [-0.39, 0.29) is 11.3 Å². The van der Waals surface area contributed by atoms with Crippen LogP contribution in [-0.2, 0) is 9.53 Å². The summed E-state index contributed by atoms with van der Waals surface area (Å²) >= 11 is 0. The number of rotatable bonds is 5. The summed E-state index contributed by atoms with van der Waals surface area (Å²) in [5, 5.41) is 12.6. The van der Waals surface area contributed by atoms with Crippen molar-refractivity contribution < 1.29 is 19.4 Å². The summed E-state index contributed by atoms with van der Waals surface area (Å²) < 4.78 is 5.45. The fraction of sp³-hybridized carbons (Fsp3) is 0.0909. The molecule has 0 saturated heterocycles. The first-order valence-corrected chi connectivity index (χ1v) is 8.46. The summed E-state index contributed by atoms with van der Waals surface area (Å²) in [6, 6.07) is 22.1. The molecule has 27 heavy (non-hydrogen) atoms. The number of ether oxygens (including phenoxy) is 1. The molecule has 0 unspecified atom stereocenters. The van der Waals surface area contributed by atoms with Gasteiger partial charge in [-0.05, 0) is 31.2 Å². The molecule has 3 rings (SSSR count). The molecule has 2 N–H and O–H groups in total. The number of aryl methyl sites for hydroxylation is 1. The van der Waals surface area contributed by atoms with Crippen LogP contribution in [0.1, 0.15) is 27.6 Å². The number of esters is 1. The van der Waals surface area contributed by atoms with Crippen LogP contribution in [0.25, 0.3) is 0 Å². The average molecular weight is 361 g/mol. The molecule has 3 aromatic carbocycles. The van der Waals surface area contributed by atoms with Gasteiger partial charge in [-0.15, -0.1) is 0 Å². The number of aromatic hydroxyl groups is 1. The minimum atomic E-state index is -1.15. The zero-order valence-electron chi connectivity index (χ0n) is 14.8. The first-order chi connectivity index (χ1) is 13.0. The van der Waals surface area contributed by atoms with Gasteiger partial charge in [0.15, 0.2) is 0 Å². The van der Waals surface area contributed by atoms with Crippen molar-refractivity contribution in [2.75, 3.05) is 5.32 Å². The number of benzene rings is 3. The van der Waals surface area contributed by atoms with Crippen LogP contribution in [0.3, 0.4) is 0 Å². The number of hydrogen-bond donors (Lipinski definition) is 2. The topological polar surface area (TPSA) is 75.6 Å². The number of amides is 1. The molecule has 0 bridgehead atoms. The van der Waals surface area contributed by atoms with E-state index in [0.29, 0.717) is 11.3 Å². The number of carbonyl (C=O) groups excluding carboxylic acids is 2. The van der Waals surface area contributed by atoms with Crippen LogP contribution in [-0.4, -0.2) is 17.0 Å². The highest BCUT2D eigenvalue weighted by molar-refractivity contribution is 5.99. The maximum atomic E-state index is 12.8. The van der Waals surface area contributed by atoms with Crippen LogP contribution in [0.5, 0.6) is 5.75 Å². The zero-order chi connectivity index (χ0) is 19.2. The molecule has 136 valence electrons. The predicted molar refractivity (Wildman–Crippen MR) is 103 cm³/mol. The molecule has 0 saturated carbocycles. The lowest BCUT2D eigenvalue weighted by Gasteiger charge is -2.18. The Morgan fingerprint density at radius 1 is 0.889 bits per heavy atom. The molecule has 5 heteroatoms. The summed E-state index contributed by atoms with van der Waals surface area (Å²) in [7, 11) is 0. The Bertz CT molecular complexity index is 936. The van der Waals surface area contributed by atoms with Crippen LogP contribution >= 0.6 is 0 Å². The molecule has 0 spiro atoms. The molecular formula is C22H19NO4. The van der Waals surface area contributed by atoms with Crippen molar-refractivity contribution in [1.29, 1.82) is 0 Å². The third kappa shape index (κ3) is 4.52. The van der Waals surface area contributed by atoms with Crippen LogP contribution in [0.4, 0.5) is 5.69 Å². The normalized spacial score (nSPS) is 11.4. The number of anilines is 1. The van der Waals surface area contributed by atoms with Gasteiger partial charge in [0.25, 0.3) is 5.91 Å². The van der Waals surface area contributed by atoms with Gasteiger partial charge in [-0.1, -0.05) is 60.2 Å². The van der Waals surface area contributed by atoms with Crippen LogP contribution in [0.2, 0.25) is 0 Å². The van der Waals surface area contributed by atoms with Crippen LogP contribution in [0.15, 0.2) is 78.9 Å². The van der Waals surface area contributed by atoms with Crippen molar-refractivity contribution in [3.63, 3.8) is 0 Å². The van der Waals surface area contributed by atoms with Gasteiger partial charge >= 0.3 is 5.97 Å². The standard InChI is InChI=1S/C22H19NO4/c1-15-11-13-17(14-12-15)23-21(25)20(16-7-3-2-4-8-16)27-22(26)18-9-5-6-10-19(18)24/h2-14,20,24H,1H3,(H,23,25)/t20-/m0/s1. The fourth-order valence-electron chi connectivity index (χ4n) is 2.56. The Morgan fingerprint density at radius 2 is 1.52 bits per heavy atom. The van der Waals surface area contributed by atoms with Crippen molar-refractivity contribution in [3.05, 3.63) is 95.6 Å². The monoisotopic (exact) mass is 361 g/mol. The summed E-state index contributed by atoms with van der Waals surface area (Å²) in [5.74, 6) is -1.46. The molecule has 1 atom stereocenters. The van der Waals surface area contributed by atoms with Gasteiger partial charge in [0.1, 0.15) is 11.3 Å². The molecule has 0 fully saturated rings. The number of carbonyl (C=O) groups is 2. The van der Waals surface area contributed by atoms with E-state index in [1.165, 1.54) is 12.1 Å². The Hall–Kier alpha value is -3.60. The second-order valence-corrected chi connectivity index (χ2v) is 6.07. The third-order valence-electron chi connectivity index (χ3n) is 4.01. The van der Waals surface area contributed by atoms with E-state index in [1.54, 1.807) is 48.5 Å². The van der Waals surface area contributed by atoms with Gasteiger partial charge in [0, 0.05) is 11.3 Å². The lowest BCUT2D eigenvalue weighted by Crippen LogP contribution is -2.26. The summed E-state index contributed by atoms with van der Waals surface area (Å²) in [4.78, 5) is 25.3. The SMILES string of the molecule is Cc1ccc(NC(=O)[C@@H](OC(=O)c2ccccc2O)c2ccccc2)cc1. The number of nitrogens with one attached hydrogen (secondary N) is 1. The highest BCUT2D eigenvalue weighted by Crippen LogP contribution is 2.24. The van der Waals surface area contributed by atoms with E-state index in [9.17, 15) is 14.7 Å². The highest BCUT2D eigenvalue weighted by Gasteiger charge is 2.26. The molecule has 0 aliphatic rings. The van der Waals surface area contributed by atoms with E-state index in [0.717, 1.165) is 5.56 Å². The smallest absolute Gasteiger partial charge is 0.343 e. The van der Waals surface area contributed by atoms with Crippen molar-refractivity contribution in [2.45, 2.75) is 13.0 Å². The largest absolute Gasteiger partial charge is 0.507 e. The molecular weight excluding hydrogens is 342 g/mol. The lowest BCUT2D eigenvalue weighted by atomic mass is 10.1. The first kappa shape index (κ1) is 18.2. The van der Waals surface area contributed by atoms with Gasteiger partial charge in [-0.2, -0.15) is 0 Å². The molecule has 0 radical (unpaired) electrons. The van der Waals surface area contributed by atoms with Gasteiger partial charge in [-0.3, -0.25) is 4.79 Å². The number of phenols is 1. The Balaban J connectivity index is 1.85. The molecule has 0 aromatic heterocycles. The fourth-order valence-corrected chi connectivity index (χ4v) is 2.56. The van der Waals surface area contributed by atoms with Gasteiger partial charge in [-0.25, -0.2) is 4.79 Å². The summed E-state index contributed by atoms with van der Waals surface area (Å²) in [6.07, 6.45) is -1.15. The minimum Gasteiger partial charge on any atom is -0.507 e. The molecule has 5 nitrogen and oxygen atoms in total. The van der Waals surface area contributed by atoms with Gasteiger partial charge < -0.3 is 15.2 Å². The Labute approximate surface area is 157 Å². The van der Waals surface area contributed by atoms with E-state index in [1.807, 2.05) is 25.1 Å². The number of hydrogen-bond acceptors (Lipinski definition) is 4. The quantitative estimate of drug-likeness (QED) is 0.667.